The lowest BCUT2D eigenvalue weighted by molar-refractivity contribution is 0.278. The molecule has 0 saturated heterocycles. The predicted octanol–water partition coefficient (Wildman–Crippen LogP) is 0.981. The number of hydrogen-bond donors (Lipinski definition) is 3. The minimum atomic E-state index is -4.19. The van der Waals surface area contributed by atoms with Crippen LogP contribution in [0, 0.1) is 11.6 Å². The van der Waals surface area contributed by atoms with Crippen molar-refractivity contribution in [1.29, 1.82) is 0 Å². The minimum Gasteiger partial charge on any atom is -0.392 e. The van der Waals surface area contributed by atoms with E-state index in [2.05, 4.69) is 10.2 Å². The molecule has 0 radical (unpaired) electrons. The molecule has 1 heterocycles. The van der Waals surface area contributed by atoms with Crippen molar-refractivity contribution in [3.05, 3.63) is 41.6 Å². The Morgan fingerprint density at radius 1 is 1.37 bits per heavy atom. The van der Waals surface area contributed by atoms with Crippen LogP contribution in [0.2, 0.25) is 0 Å². The highest BCUT2D eigenvalue weighted by molar-refractivity contribution is 7.92. The van der Waals surface area contributed by atoms with Crippen LogP contribution >= 0.6 is 0 Å². The van der Waals surface area contributed by atoms with Gasteiger partial charge < -0.3 is 5.11 Å². The molecule has 0 spiro atoms. The summed E-state index contributed by atoms with van der Waals surface area (Å²) in [5, 5.41) is 14.2. The Morgan fingerprint density at radius 3 is 2.79 bits per heavy atom. The molecule has 0 unspecified atom stereocenters. The summed E-state index contributed by atoms with van der Waals surface area (Å²) < 4.78 is 52.0. The van der Waals surface area contributed by atoms with Crippen LogP contribution < -0.4 is 4.72 Å². The number of sulfonamides is 1. The number of rotatable bonds is 4. The molecule has 0 aliphatic rings. The number of benzene rings is 1. The van der Waals surface area contributed by atoms with Gasteiger partial charge in [-0.25, -0.2) is 8.78 Å². The summed E-state index contributed by atoms with van der Waals surface area (Å²) >= 11 is 0. The van der Waals surface area contributed by atoms with Crippen molar-refractivity contribution in [3.8, 4) is 0 Å². The van der Waals surface area contributed by atoms with Gasteiger partial charge in [0.05, 0.1) is 18.5 Å². The number of aliphatic hydroxyl groups excluding tert-OH is 1. The quantitative estimate of drug-likeness (QED) is 0.782. The Kier molecular flexibility index (Phi) is 3.49. The maximum absolute atomic E-state index is 13.4. The van der Waals surface area contributed by atoms with Gasteiger partial charge >= 0.3 is 0 Å². The molecule has 9 heteroatoms. The van der Waals surface area contributed by atoms with Gasteiger partial charge in [-0.1, -0.05) is 0 Å². The van der Waals surface area contributed by atoms with Crippen molar-refractivity contribution in [2.75, 3.05) is 4.72 Å². The van der Waals surface area contributed by atoms with E-state index in [-0.39, 0.29) is 5.56 Å². The van der Waals surface area contributed by atoms with Gasteiger partial charge in [-0.3, -0.25) is 9.82 Å². The number of aromatic amines is 1. The highest BCUT2D eigenvalue weighted by Crippen LogP contribution is 2.20. The van der Waals surface area contributed by atoms with Gasteiger partial charge in [0.2, 0.25) is 0 Å². The molecule has 2 aromatic rings. The number of anilines is 1. The fourth-order valence-electron chi connectivity index (χ4n) is 1.42. The molecule has 3 N–H and O–H groups in total. The first kappa shape index (κ1) is 13.4. The van der Waals surface area contributed by atoms with Crippen molar-refractivity contribution in [1.82, 2.24) is 10.2 Å². The summed E-state index contributed by atoms with van der Waals surface area (Å²) in [7, 11) is -4.19. The van der Waals surface area contributed by atoms with Crippen molar-refractivity contribution < 1.29 is 22.3 Å². The van der Waals surface area contributed by atoms with Crippen molar-refractivity contribution >= 4 is 15.7 Å². The smallest absolute Gasteiger partial charge is 0.279 e. The van der Waals surface area contributed by atoms with Gasteiger partial charge in [0.15, 0.2) is 5.03 Å². The Morgan fingerprint density at radius 2 is 2.11 bits per heavy atom. The van der Waals surface area contributed by atoms with E-state index in [0.29, 0.717) is 6.07 Å². The average molecular weight is 289 g/mol. The van der Waals surface area contributed by atoms with Gasteiger partial charge in [0, 0.05) is 11.6 Å². The lowest BCUT2D eigenvalue weighted by atomic mass is 10.3. The summed E-state index contributed by atoms with van der Waals surface area (Å²) in [6, 6.07) is 2.37. The molecule has 0 aliphatic carbocycles. The number of aliphatic hydroxyl groups is 1. The monoisotopic (exact) mass is 289 g/mol. The molecule has 1 aromatic carbocycles. The minimum absolute atomic E-state index is 0.0179. The topological polar surface area (TPSA) is 95.1 Å². The number of aromatic nitrogens is 2. The van der Waals surface area contributed by atoms with Crippen LogP contribution in [-0.4, -0.2) is 23.7 Å². The van der Waals surface area contributed by atoms with E-state index < -0.39 is 39.0 Å². The van der Waals surface area contributed by atoms with Crippen LogP contribution in [0.15, 0.2) is 29.4 Å². The predicted molar refractivity (Wildman–Crippen MR) is 61.7 cm³/mol. The fourth-order valence-corrected chi connectivity index (χ4v) is 2.60. The maximum Gasteiger partial charge on any atom is 0.279 e. The molecule has 0 amide bonds. The van der Waals surface area contributed by atoms with Crippen molar-refractivity contribution in [3.63, 3.8) is 0 Å². The standard InChI is InChI=1S/C10H9F2N3O3S/c11-7-1-2-8(12)9(3-7)15-19(17,18)10-6(5-16)4-13-14-10/h1-4,15-16H,5H2,(H,13,14). The lowest BCUT2D eigenvalue weighted by Crippen LogP contribution is -2.16. The Hall–Kier alpha value is -2.00. The van der Waals surface area contributed by atoms with E-state index in [4.69, 9.17) is 5.11 Å². The highest BCUT2D eigenvalue weighted by atomic mass is 32.2. The second kappa shape index (κ2) is 4.94. The molecule has 102 valence electrons. The zero-order valence-electron chi connectivity index (χ0n) is 9.39. The van der Waals surface area contributed by atoms with Crippen molar-refractivity contribution in [2.45, 2.75) is 11.6 Å². The van der Waals surface area contributed by atoms with Crippen LogP contribution in [0.3, 0.4) is 0 Å². The van der Waals surface area contributed by atoms with E-state index in [1.54, 1.807) is 0 Å². The number of nitrogens with one attached hydrogen (secondary N) is 2. The first-order chi connectivity index (χ1) is 8.94. The van der Waals surface area contributed by atoms with Gasteiger partial charge in [-0.15, -0.1) is 0 Å². The average Bonchev–Trinajstić information content (AvgIpc) is 2.82. The van der Waals surface area contributed by atoms with Gasteiger partial charge in [0.1, 0.15) is 11.6 Å². The molecule has 0 fully saturated rings. The Labute approximate surface area is 107 Å². The zero-order chi connectivity index (χ0) is 14.0. The number of nitrogens with zero attached hydrogens (tertiary/aromatic N) is 1. The number of hydrogen-bond acceptors (Lipinski definition) is 4. The van der Waals surface area contributed by atoms with Crippen LogP contribution in [0.4, 0.5) is 14.5 Å². The van der Waals surface area contributed by atoms with E-state index in [1.165, 1.54) is 0 Å². The highest BCUT2D eigenvalue weighted by Gasteiger charge is 2.22. The molecule has 2 rings (SSSR count). The Bertz CT molecular complexity index is 700. The molecule has 0 saturated carbocycles. The molecular weight excluding hydrogens is 280 g/mol. The second-order valence-electron chi connectivity index (χ2n) is 3.61. The molecule has 6 nitrogen and oxygen atoms in total. The first-order valence-corrected chi connectivity index (χ1v) is 6.53. The first-order valence-electron chi connectivity index (χ1n) is 5.05. The third-order valence-electron chi connectivity index (χ3n) is 2.29. The lowest BCUT2D eigenvalue weighted by Gasteiger charge is -2.08. The third-order valence-corrected chi connectivity index (χ3v) is 3.67. The molecule has 1 aromatic heterocycles. The third kappa shape index (κ3) is 2.71. The maximum atomic E-state index is 13.4. The van der Waals surface area contributed by atoms with Gasteiger partial charge in [0.25, 0.3) is 10.0 Å². The molecule has 0 aliphatic heterocycles. The molecule has 0 atom stereocenters. The summed E-state index contributed by atoms with van der Waals surface area (Å²) in [5.41, 5.74) is -0.511. The summed E-state index contributed by atoms with van der Waals surface area (Å²) in [6.07, 6.45) is 1.12. The Balaban J connectivity index is 2.39. The second-order valence-corrected chi connectivity index (χ2v) is 5.23. The molecule has 19 heavy (non-hydrogen) atoms. The normalized spacial score (nSPS) is 11.5. The van der Waals surface area contributed by atoms with E-state index in [9.17, 15) is 17.2 Å². The number of halogens is 2. The molecular formula is C10H9F2N3O3S. The van der Waals surface area contributed by atoms with Gasteiger partial charge in [-0.2, -0.15) is 13.5 Å². The SMILES string of the molecule is O=S(=O)(Nc1cc(F)ccc1F)c1[nH]ncc1CO. The van der Waals surface area contributed by atoms with Crippen LogP contribution in [0.5, 0.6) is 0 Å². The van der Waals surface area contributed by atoms with Crippen LogP contribution in [0.25, 0.3) is 0 Å². The van der Waals surface area contributed by atoms with Crippen LogP contribution in [0.1, 0.15) is 5.56 Å². The number of H-pyrrole nitrogens is 1. The summed E-state index contributed by atoms with van der Waals surface area (Å²) in [6.45, 7) is -0.557. The van der Waals surface area contributed by atoms with E-state index >= 15 is 0 Å². The van der Waals surface area contributed by atoms with Crippen molar-refractivity contribution in [2.24, 2.45) is 0 Å². The van der Waals surface area contributed by atoms with Gasteiger partial charge in [-0.05, 0) is 12.1 Å². The van der Waals surface area contributed by atoms with E-state index in [0.717, 1.165) is 18.3 Å². The van der Waals surface area contributed by atoms with Crippen LogP contribution in [-0.2, 0) is 16.6 Å². The summed E-state index contributed by atoms with van der Waals surface area (Å²) in [4.78, 5) is 0. The van der Waals surface area contributed by atoms with E-state index in [1.807, 2.05) is 4.72 Å². The largest absolute Gasteiger partial charge is 0.392 e. The summed E-state index contributed by atoms with van der Waals surface area (Å²) in [5.74, 6) is -1.71. The fraction of sp³-hybridized carbons (Fsp3) is 0.100. The molecule has 0 bridgehead atoms. The zero-order valence-corrected chi connectivity index (χ0v) is 10.2.